The minimum atomic E-state index is -0.665. The van der Waals surface area contributed by atoms with E-state index in [-0.39, 0.29) is 5.56 Å². The summed E-state index contributed by atoms with van der Waals surface area (Å²) in [6.07, 6.45) is 4.71. The first-order chi connectivity index (χ1) is 16.2. The lowest BCUT2D eigenvalue weighted by molar-refractivity contribution is 0.102. The van der Waals surface area contributed by atoms with E-state index in [4.69, 9.17) is 4.42 Å². The largest absolute Gasteiger partial charge is 0.422 e. The molecule has 0 spiro atoms. The number of amides is 1. The molecule has 2 heterocycles. The predicted octanol–water partition coefficient (Wildman–Crippen LogP) is 6.20. The number of rotatable bonds is 3. The van der Waals surface area contributed by atoms with Crippen LogP contribution in [0.25, 0.3) is 33.0 Å². The third-order valence-corrected chi connectivity index (χ3v) is 7.01. The first-order valence-corrected chi connectivity index (χ1v) is 11.9. The Bertz CT molecular complexity index is 1600. The van der Waals surface area contributed by atoms with Gasteiger partial charge in [0.1, 0.15) is 11.1 Å². The van der Waals surface area contributed by atoms with E-state index >= 15 is 0 Å². The molecule has 162 valence electrons. The van der Waals surface area contributed by atoms with Crippen molar-refractivity contribution in [3.8, 4) is 11.3 Å². The van der Waals surface area contributed by atoms with Gasteiger partial charge in [-0.05, 0) is 65.8 Å². The summed E-state index contributed by atoms with van der Waals surface area (Å²) >= 11 is 1.34. The van der Waals surface area contributed by atoms with Crippen LogP contribution < -0.4 is 10.9 Å². The summed E-state index contributed by atoms with van der Waals surface area (Å²) in [5.74, 6) is -0.523. The number of aryl methyl sites for hydroxylation is 2. The summed E-state index contributed by atoms with van der Waals surface area (Å²) in [5.41, 5.74) is 4.43. The Morgan fingerprint density at radius 3 is 2.70 bits per heavy atom. The van der Waals surface area contributed by atoms with E-state index < -0.39 is 11.5 Å². The SMILES string of the molecule is O=C(Nc1nc(-c2ccc3c(c2)CCCC3)cs1)c1cc2c(ccc3ccccc32)oc1=O. The number of carbonyl (C=O) groups is 1. The molecule has 0 saturated heterocycles. The zero-order valence-electron chi connectivity index (χ0n) is 17.8. The Hall–Kier alpha value is -3.77. The summed E-state index contributed by atoms with van der Waals surface area (Å²) in [4.78, 5) is 30.1. The van der Waals surface area contributed by atoms with Gasteiger partial charge in [0.2, 0.25) is 0 Å². The molecule has 1 aliphatic carbocycles. The molecule has 1 N–H and O–H groups in total. The van der Waals surface area contributed by atoms with Crippen LogP contribution in [0.5, 0.6) is 0 Å². The molecule has 3 aromatic carbocycles. The summed E-state index contributed by atoms with van der Waals surface area (Å²) in [7, 11) is 0. The van der Waals surface area contributed by atoms with Gasteiger partial charge in [-0.1, -0.05) is 42.5 Å². The van der Waals surface area contributed by atoms with Crippen LogP contribution in [0.3, 0.4) is 0 Å². The molecular formula is C27H20N2O3S. The van der Waals surface area contributed by atoms with Crippen molar-refractivity contribution in [1.82, 2.24) is 4.98 Å². The number of fused-ring (bicyclic) bond motifs is 4. The number of hydrogen-bond donors (Lipinski definition) is 1. The first-order valence-electron chi connectivity index (χ1n) is 11.0. The maximum absolute atomic E-state index is 12.9. The molecule has 33 heavy (non-hydrogen) atoms. The second kappa shape index (κ2) is 7.98. The van der Waals surface area contributed by atoms with Crippen LogP contribution in [0.2, 0.25) is 0 Å². The monoisotopic (exact) mass is 452 g/mol. The van der Waals surface area contributed by atoms with Gasteiger partial charge in [0, 0.05) is 16.3 Å². The van der Waals surface area contributed by atoms with Gasteiger partial charge in [0.25, 0.3) is 5.91 Å². The Balaban J connectivity index is 1.31. The molecule has 0 unspecified atom stereocenters. The Morgan fingerprint density at radius 1 is 0.939 bits per heavy atom. The smallest absolute Gasteiger partial charge is 0.349 e. The van der Waals surface area contributed by atoms with Crippen molar-refractivity contribution < 1.29 is 9.21 Å². The van der Waals surface area contributed by atoms with Crippen LogP contribution in [0.15, 0.2) is 75.3 Å². The molecule has 1 amide bonds. The van der Waals surface area contributed by atoms with Gasteiger partial charge in [-0.15, -0.1) is 11.3 Å². The third kappa shape index (κ3) is 3.62. The van der Waals surface area contributed by atoms with Crippen LogP contribution >= 0.6 is 11.3 Å². The minimum absolute atomic E-state index is 0.0376. The highest BCUT2D eigenvalue weighted by atomic mass is 32.1. The zero-order chi connectivity index (χ0) is 22.4. The van der Waals surface area contributed by atoms with E-state index in [1.54, 1.807) is 12.1 Å². The van der Waals surface area contributed by atoms with Crippen molar-refractivity contribution in [3.63, 3.8) is 0 Å². The topological polar surface area (TPSA) is 72.2 Å². The minimum Gasteiger partial charge on any atom is -0.422 e. The molecule has 1 aliphatic rings. The lowest BCUT2D eigenvalue weighted by atomic mass is 9.90. The number of anilines is 1. The van der Waals surface area contributed by atoms with Crippen molar-refractivity contribution in [1.29, 1.82) is 0 Å². The van der Waals surface area contributed by atoms with Gasteiger partial charge in [-0.25, -0.2) is 9.78 Å². The highest BCUT2D eigenvalue weighted by molar-refractivity contribution is 7.14. The van der Waals surface area contributed by atoms with Crippen molar-refractivity contribution in [2.75, 3.05) is 5.32 Å². The highest BCUT2D eigenvalue weighted by Crippen LogP contribution is 2.30. The zero-order valence-corrected chi connectivity index (χ0v) is 18.6. The quantitative estimate of drug-likeness (QED) is 0.261. The third-order valence-electron chi connectivity index (χ3n) is 6.26. The van der Waals surface area contributed by atoms with Gasteiger partial charge in [-0.3, -0.25) is 10.1 Å². The maximum Gasteiger partial charge on any atom is 0.349 e. The summed E-state index contributed by atoms with van der Waals surface area (Å²) in [6, 6.07) is 19.6. The number of thiazole rings is 1. The van der Waals surface area contributed by atoms with E-state index in [2.05, 4.69) is 28.5 Å². The molecule has 0 saturated carbocycles. The second-order valence-corrected chi connectivity index (χ2v) is 9.19. The fraction of sp³-hybridized carbons (Fsp3) is 0.148. The van der Waals surface area contributed by atoms with Crippen LogP contribution in [0, 0.1) is 0 Å². The summed E-state index contributed by atoms with van der Waals surface area (Å²) < 4.78 is 5.45. The molecule has 6 heteroatoms. The van der Waals surface area contributed by atoms with Crippen LogP contribution in [-0.4, -0.2) is 10.9 Å². The lowest BCUT2D eigenvalue weighted by Crippen LogP contribution is -2.20. The molecule has 0 radical (unpaired) electrons. The highest BCUT2D eigenvalue weighted by Gasteiger charge is 2.17. The van der Waals surface area contributed by atoms with E-state index in [0.717, 1.165) is 40.3 Å². The first kappa shape index (κ1) is 19.9. The summed E-state index contributed by atoms with van der Waals surface area (Å²) in [5, 5.41) is 7.82. The average Bonchev–Trinajstić information content (AvgIpc) is 3.31. The number of aromatic nitrogens is 1. The molecule has 0 aliphatic heterocycles. The fourth-order valence-corrected chi connectivity index (χ4v) is 5.27. The van der Waals surface area contributed by atoms with Gasteiger partial charge < -0.3 is 4.42 Å². The normalized spacial score (nSPS) is 13.2. The fourth-order valence-electron chi connectivity index (χ4n) is 4.55. The van der Waals surface area contributed by atoms with Crippen molar-refractivity contribution >= 4 is 44.1 Å². The van der Waals surface area contributed by atoms with E-state index in [1.165, 1.54) is 35.3 Å². The lowest BCUT2D eigenvalue weighted by Gasteiger charge is -2.16. The Labute approximate surface area is 193 Å². The average molecular weight is 453 g/mol. The van der Waals surface area contributed by atoms with Gasteiger partial charge in [0.15, 0.2) is 5.13 Å². The van der Waals surface area contributed by atoms with Crippen molar-refractivity contribution in [3.05, 3.63) is 93.2 Å². The second-order valence-electron chi connectivity index (χ2n) is 8.33. The predicted molar refractivity (Wildman–Crippen MR) is 132 cm³/mol. The number of nitrogens with zero attached hydrogens (tertiary/aromatic N) is 1. The van der Waals surface area contributed by atoms with Crippen LogP contribution in [-0.2, 0) is 12.8 Å². The summed E-state index contributed by atoms with van der Waals surface area (Å²) in [6.45, 7) is 0. The molecule has 6 rings (SSSR count). The Morgan fingerprint density at radius 2 is 1.79 bits per heavy atom. The number of benzene rings is 3. The van der Waals surface area contributed by atoms with E-state index in [1.807, 2.05) is 35.7 Å². The standard InChI is InChI=1S/C27H20N2O3S/c30-25(22-14-21-20-8-4-3-6-17(20)11-12-24(21)32-26(22)31)29-27-28-23(15-33-27)19-10-9-16-5-1-2-7-18(16)13-19/h3-4,6,8-15H,1-2,5,7H2,(H,28,29,30). The van der Waals surface area contributed by atoms with Gasteiger partial charge in [-0.2, -0.15) is 0 Å². The molecule has 5 nitrogen and oxygen atoms in total. The van der Waals surface area contributed by atoms with Crippen molar-refractivity contribution in [2.24, 2.45) is 0 Å². The van der Waals surface area contributed by atoms with E-state index in [9.17, 15) is 9.59 Å². The molecule has 0 fully saturated rings. The Kier molecular flexibility index (Phi) is 4.80. The molecule has 2 aromatic heterocycles. The molecule has 0 bridgehead atoms. The number of carbonyl (C=O) groups excluding carboxylic acids is 1. The van der Waals surface area contributed by atoms with Gasteiger partial charge in [0.05, 0.1) is 5.69 Å². The van der Waals surface area contributed by atoms with Crippen LogP contribution in [0.4, 0.5) is 5.13 Å². The molecular weight excluding hydrogens is 432 g/mol. The van der Waals surface area contributed by atoms with Crippen molar-refractivity contribution in [2.45, 2.75) is 25.7 Å². The molecule has 5 aromatic rings. The van der Waals surface area contributed by atoms with Gasteiger partial charge >= 0.3 is 5.63 Å². The number of hydrogen-bond acceptors (Lipinski definition) is 5. The number of nitrogens with one attached hydrogen (secondary N) is 1. The molecule has 0 atom stereocenters. The maximum atomic E-state index is 12.9. The van der Waals surface area contributed by atoms with Crippen LogP contribution in [0.1, 0.15) is 34.3 Å². The van der Waals surface area contributed by atoms with E-state index in [0.29, 0.717) is 10.7 Å².